The van der Waals surface area contributed by atoms with Crippen LogP contribution in [0.5, 0.6) is 0 Å². The van der Waals surface area contributed by atoms with Crippen LogP contribution in [-0.2, 0) is 4.79 Å². The molecule has 0 bridgehead atoms. The molecule has 1 amide bonds. The maximum absolute atomic E-state index is 11.8. The molecule has 0 spiro atoms. The van der Waals surface area contributed by atoms with E-state index in [9.17, 15) is 18.0 Å². The number of piperidine rings is 1. The molecule has 1 aliphatic rings. The smallest absolute Gasteiger partial charge is 0.344 e. The molecule has 0 aromatic rings. The largest absolute Gasteiger partial charge is 0.471 e. The Balaban J connectivity index is 2.35. The first-order valence-corrected chi connectivity index (χ1v) is 4.08. The van der Waals surface area contributed by atoms with Crippen molar-refractivity contribution >= 4 is 5.91 Å². The Kier molecular flexibility index (Phi) is 3.13. The normalized spacial score (nSPS) is 24.1. The lowest BCUT2D eigenvalue weighted by molar-refractivity contribution is -0.174. The minimum absolute atomic E-state index is 0.386. The van der Waals surface area contributed by atoms with Gasteiger partial charge in [0, 0.05) is 12.6 Å². The highest BCUT2D eigenvalue weighted by molar-refractivity contribution is 5.81. The van der Waals surface area contributed by atoms with Crippen molar-refractivity contribution in [2.45, 2.75) is 25.1 Å². The molecular weight excluding hydrogens is 185 g/mol. The van der Waals surface area contributed by atoms with Crippen molar-refractivity contribution in [3.8, 4) is 0 Å². The van der Waals surface area contributed by atoms with Gasteiger partial charge in [0.05, 0.1) is 0 Å². The monoisotopic (exact) mass is 196 g/mol. The summed E-state index contributed by atoms with van der Waals surface area (Å²) in [7, 11) is 0. The summed E-state index contributed by atoms with van der Waals surface area (Å²) in [6.45, 7) is 1.22. The third-order valence-corrected chi connectivity index (χ3v) is 1.89. The fourth-order valence-corrected chi connectivity index (χ4v) is 1.24. The molecule has 0 radical (unpaired) electrons. The van der Waals surface area contributed by atoms with Crippen molar-refractivity contribution < 1.29 is 18.0 Å². The van der Waals surface area contributed by atoms with Crippen LogP contribution in [0.25, 0.3) is 0 Å². The standard InChI is InChI=1S/C7H11F3N2O/c8-7(9,10)6(13)12-5-2-1-3-11-4-5/h5,11H,1-4H2,(H,12,13)/t5-/m0/s1. The molecular formula is C7H11F3N2O. The van der Waals surface area contributed by atoms with Gasteiger partial charge in [-0.3, -0.25) is 4.79 Å². The highest BCUT2D eigenvalue weighted by Crippen LogP contribution is 2.15. The van der Waals surface area contributed by atoms with Crippen molar-refractivity contribution in [2.24, 2.45) is 0 Å². The first-order valence-electron chi connectivity index (χ1n) is 4.08. The summed E-state index contributed by atoms with van der Waals surface area (Å²) in [4.78, 5) is 10.5. The number of alkyl halides is 3. The topological polar surface area (TPSA) is 41.1 Å². The fourth-order valence-electron chi connectivity index (χ4n) is 1.24. The predicted molar refractivity (Wildman–Crippen MR) is 40.1 cm³/mol. The van der Waals surface area contributed by atoms with E-state index in [0.29, 0.717) is 13.0 Å². The molecule has 1 fully saturated rings. The van der Waals surface area contributed by atoms with Crippen LogP contribution in [0.4, 0.5) is 13.2 Å². The number of nitrogens with one attached hydrogen (secondary N) is 2. The maximum atomic E-state index is 11.8. The van der Waals surface area contributed by atoms with Crippen LogP contribution in [0, 0.1) is 0 Å². The van der Waals surface area contributed by atoms with Gasteiger partial charge >= 0.3 is 12.1 Å². The molecule has 0 aliphatic carbocycles. The lowest BCUT2D eigenvalue weighted by Gasteiger charge is -2.24. The summed E-state index contributed by atoms with van der Waals surface area (Å²) in [5.41, 5.74) is 0. The van der Waals surface area contributed by atoms with E-state index >= 15 is 0 Å². The summed E-state index contributed by atoms with van der Waals surface area (Å²) < 4.78 is 35.3. The van der Waals surface area contributed by atoms with Gasteiger partial charge in [0.1, 0.15) is 0 Å². The Labute approximate surface area is 73.7 Å². The molecule has 1 rings (SSSR count). The van der Waals surface area contributed by atoms with Crippen LogP contribution < -0.4 is 10.6 Å². The van der Waals surface area contributed by atoms with Gasteiger partial charge in [-0.1, -0.05) is 0 Å². The average Bonchev–Trinajstić information content (AvgIpc) is 2.04. The minimum Gasteiger partial charge on any atom is -0.344 e. The average molecular weight is 196 g/mol. The van der Waals surface area contributed by atoms with Crippen molar-refractivity contribution in [1.29, 1.82) is 0 Å². The number of carbonyl (C=O) groups is 1. The zero-order chi connectivity index (χ0) is 9.90. The summed E-state index contributed by atoms with van der Waals surface area (Å²) in [5, 5.41) is 4.84. The Morgan fingerprint density at radius 3 is 2.62 bits per heavy atom. The van der Waals surface area contributed by atoms with Crippen molar-refractivity contribution in [1.82, 2.24) is 10.6 Å². The molecule has 3 nitrogen and oxygen atoms in total. The van der Waals surface area contributed by atoms with E-state index < -0.39 is 12.1 Å². The maximum Gasteiger partial charge on any atom is 0.471 e. The molecule has 76 valence electrons. The number of rotatable bonds is 1. The summed E-state index contributed by atoms with van der Waals surface area (Å²) in [6.07, 6.45) is -3.37. The molecule has 2 N–H and O–H groups in total. The van der Waals surface area contributed by atoms with Crippen molar-refractivity contribution in [2.75, 3.05) is 13.1 Å². The second-order valence-electron chi connectivity index (χ2n) is 3.01. The predicted octanol–water partition coefficient (Wildman–Crippen LogP) is 0.417. The SMILES string of the molecule is O=C(N[C@H]1CCCNC1)C(F)(F)F. The Morgan fingerprint density at radius 2 is 2.15 bits per heavy atom. The number of hydrogen-bond acceptors (Lipinski definition) is 2. The lowest BCUT2D eigenvalue weighted by Crippen LogP contribution is -2.49. The third-order valence-electron chi connectivity index (χ3n) is 1.89. The molecule has 1 heterocycles. The second kappa shape index (κ2) is 3.95. The highest BCUT2D eigenvalue weighted by atomic mass is 19.4. The van der Waals surface area contributed by atoms with E-state index in [0.717, 1.165) is 13.0 Å². The van der Waals surface area contributed by atoms with E-state index in [1.54, 1.807) is 0 Å². The van der Waals surface area contributed by atoms with E-state index in [2.05, 4.69) is 5.32 Å². The first-order chi connectivity index (χ1) is 6.00. The van der Waals surface area contributed by atoms with Gasteiger partial charge in [0.25, 0.3) is 0 Å². The van der Waals surface area contributed by atoms with Crippen LogP contribution in [0.15, 0.2) is 0 Å². The van der Waals surface area contributed by atoms with E-state index in [-0.39, 0.29) is 6.04 Å². The minimum atomic E-state index is -4.77. The van der Waals surface area contributed by atoms with Gasteiger partial charge in [-0.2, -0.15) is 13.2 Å². The second-order valence-corrected chi connectivity index (χ2v) is 3.01. The molecule has 0 aromatic carbocycles. The lowest BCUT2D eigenvalue weighted by atomic mass is 10.1. The highest BCUT2D eigenvalue weighted by Gasteiger charge is 2.39. The van der Waals surface area contributed by atoms with E-state index in [4.69, 9.17) is 0 Å². The Bertz CT molecular complexity index is 187. The number of carbonyl (C=O) groups excluding carboxylic acids is 1. The van der Waals surface area contributed by atoms with Crippen LogP contribution >= 0.6 is 0 Å². The quantitative estimate of drug-likeness (QED) is 0.638. The van der Waals surface area contributed by atoms with Gasteiger partial charge in [-0.05, 0) is 19.4 Å². The molecule has 0 saturated carbocycles. The van der Waals surface area contributed by atoms with Crippen molar-refractivity contribution in [3.05, 3.63) is 0 Å². The van der Waals surface area contributed by atoms with Crippen LogP contribution in [-0.4, -0.2) is 31.2 Å². The fraction of sp³-hybridized carbons (Fsp3) is 0.857. The van der Waals surface area contributed by atoms with Crippen molar-refractivity contribution in [3.63, 3.8) is 0 Å². The molecule has 6 heteroatoms. The number of hydrogen-bond donors (Lipinski definition) is 2. The molecule has 1 atom stereocenters. The van der Waals surface area contributed by atoms with Crippen LogP contribution in [0.1, 0.15) is 12.8 Å². The van der Waals surface area contributed by atoms with Gasteiger partial charge in [-0.15, -0.1) is 0 Å². The zero-order valence-electron chi connectivity index (χ0n) is 6.95. The van der Waals surface area contributed by atoms with Crippen LogP contribution in [0.3, 0.4) is 0 Å². The van der Waals surface area contributed by atoms with E-state index in [1.165, 1.54) is 0 Å². The summed E-state index contributed by atoms with van der Waals surface area (Å²) >= 11 is 0. The molecule has 1 saturated heterocycles. The van der Waals surface area contributed by atoms with Gasteiger partial charge in [0.2, 0.25) is 0 Å². The third kappa shape index (κ3) is 3.22. The van der Waals surface area contributed by atoms with Crippen LogP contribution in [0.2, 0.25) is 0 Å². The van der Waals surface area contributed by atoms with Gasteiger partial charge in [0.15, 0.2) is 0 Å². The number of amides is 1. The zero-order valence-corrected chi connectivity index (χ0v) is 6.95. The summed E-state index contributed by atoms with van der Waals surface area (Å²) in [6, 6.07) is -0.386. The van der Waals surface area contributed by atoms with Gasteiger partial charge in [-0.25, -0.2) is 0 Å². The Hall–Kier alpha value is -0.780. The molecule has 0 aromatic heterocycles. The van der Waals surface area contributed by atoms with Gasteiger partial charge < -0.3 is 10.6 Å². The first kappa shape index (κ1) is 10.3. The van der Waals surface area contributed by atoms with E-state index in [1.807, 2.05) is 5.32 Å². The molecule has 1 aliphatic heterocycles. The summed E-state index contributed by atoms with van der Waals surface area (Å²) in [5.74, 6) is -1.85. The number of halogens is 3. The molecule has 0 unspecified atom stereocenters. The molecule has 13 heavy (non-hydrogen) atoms. The Morgan fingerprint density at radius 1 is 1.46 bits per heavy atom.